The molecule has 1 aliphatic rings. The van der Waals surface area contributed by atoms with Crippen molar-refractivity contribution in [3.8, 4) is 22.4 Å². The molecule has 2 aromatic carbocycles. The van der Waals surface area contributed by atoms with Crippen molar-refractivity contribution in [2.45, 2.75) is 24.2 Å². The average molecular weight is 458 g/mol. The normalized spacial score (nSPS) is 14.4. The van der Waals surface area contributed by atoms with E-state index in [9.17, 15) is 4.55 Å². The van der Waals surface area contributed by atoms with Gasteiger partial charge in [0.1, 0.15) is 28.2 Å². The first-order valence-electron chi connectivity index (χ1n) is 9.71. The number of nitrogens with one attached hydrogen (secondary N) is 1. The van der Waals surface area contributed by atoms with Crippen LogP contribution >= 0.6 is 11.3 Å². The van der Waals surface area contributed by atoms with Gasteiger partial charge in [0, 0.05) is 23.2 Å². The van der Waals surface area contributed by atoms with Gasteiger partial charge in [0.15, 0.2) is 11.3 Å². The summed E-state index contributed by atoms with van der Waals surface area (Å²) in [5.41, 5.74) is 1.40. The fourth-order valence-corrected chi connectivity index (χ4v) is 4.95. The lowest BCUT2D eigenvalue weighted by Crippen LogP contribution is -2.14. The first-order valence-corrected chi connectivity index (χ1v) is 11.7. The highest BCUT2D eigenvalue weighted by molar-refractivity contribution is 7.92. The number of para-hydroxylation sites is 1. The van der Waals surface area contributed by atoms with E-state index >= 15 is 0 Å². The van der Waals surface area contributed by atoms with Crippen molar-refractivity contribution in [3.63, 3.8) is 0 Å². The Morgan fingerprint density at radius 3 is 2.97 bits per heavy atom. The van der Waals surface area contributed by atoms with Gasteiger partial charge >= 0.3 is 0 Å². The summed E-state index contributed by atoms with van der Waals surface area (Å²) in [6.07, 6.45) is 4.37. The van der Waals surface area contributed by atoms with Crippen LogP contribution < -0.4 is 18.9 Å². The number of ether oxygens (including phenoxy) is 3. The molecule has 2 aromatic heterocycles. The largest absolute Gasteiger partial charge is 0.588 e. The molecule has 8 nitrogen and oxygen atoms in total. The van der Waals surface area contributed by atoms with Gasteiger partial charge in [-0.1, -0.05) is 28.6 Å². The molecule has 1 atom stereocenters. The van der Waals surface area contributed by atoms with Crippen LogP contribution in [-0.2, 0) is 17.8 Å². The number of thiazole rings is 1. The molecule has 0 saturated heterocycles. The minimum atomic E-state index is -1.61. The molecule has 10 heteroatoms. The maximum atomic E-state index is 13.0. The van der Waals surface area contributed by atoms with Crippen LogP contribution in [0.4, 0.5) is 5.82 Å². The molecule has 160 valence electrons. The number of nitrogens with zero attached hydrogens (tertiary/aromatic N) is 2. The topological polar surface area (TPSA) is 102 Å². The fraction of sp³-hybridized carbons (Fsp3) is 0.238. The van der Waals surface area contributed by atoms with Gasteiger partial charge in [-0.05, 0) is 31.4 Å². The van der Waals surface area contributed by atoms with Gasteiger partial charge in [0.05, 0.1) is 13.7 Å². The van der Waals surface area contributed by atoms with Crippen LogP contribution in [0.1, 0.15) is 18.4 Å². The monoisotopic (exact) mass is 457 g/mol. The minimum absolute atomic E-state index is 0.346. The number of benzene rings is 2. The molecule has 0 saturated carbocycles. The summed E-state index contributed by atoms with van der Waals surface area (Å²) in [6.45, 7) is 0.572. The summed E-state index contributed by atoms with van der Waals surface area (Å²) in [5.74, 6) is 2.14. The molecule has 3 heterocycles. The van der Waals surface area contributed by atoms with Gasteiger partial charge in [-0.2, -0.15) is 4.72 Å². The SMILES string of the molecule is COc1ccccc1[S+]([O-])Nc1noc2cc(Oc3nccs3)c3c(c12)OCCCC3. The summed E-state index contributed by atoms with van der Waals surface area (Å²) in [5, 5.41) is 7.17. The van der Waals surface area contributed by atoms with E-state index in [1.54, 1.807) is 37.6 Å². The molecule has 0 radical (unpaired) electrons. The Balaban J connectivity index is 1.56. The van der Waals surface area contributed by atoms with Crippen molar-refractivity contribution in [2.75, 3.05) is 18.4 Å². The summed E-state index contributed by atoms with van der Waals surface area (Å²) in [6, 6.07) is 8.90. The second-order valence-electron chi connectivity index (χ2n) is 6.81. The smallest absolute Gasteiger partial charge is 0.278 e. The predicted octanol–water partition coefficient (Wildman–Crippen LogP) is 4.94. The summed E-state index contributed by atoms with van der Waals surface area (Å²) in [7, 11) is 1.54. The molecule has 0 amide bonds. The van der Waals surface area contributed by atoms with Gasteiger partial charge in [0.25, 0.3) is 5.19 Å². The number of anilines is 1. The number of rotatable bonds is 6. The van der Waals surface area contributed by atoms with Crippen LogP contribution in [0.5, 0.6) is 22.4 Å². The van der Waals surface area contributed by atoms with Gasteiger partial charge in [-0.25, -0.2) is 4.98 Å². The van der Waals surface area contributed by atoms with Crippen LogP contribution in [0.2, 0.25) is 0 Å². The molecule has 0 fully saturated rings. The standard InChI is InChI=1S/C21H19N3O5S2/c1-26-14-7-2-3-8-17(14)31(25)24-20-18-16(29-23-20)12-15(28-21-22-9-11-30-21)13-6-4-5-10-27-19(13)18/h2-3,7-9,11-12H,4-6,10H2,1H3,(H,23,24). The lowest BCUT2D eigenvalue weighted by molar-refractivity contribution is 0.319. The summed E-state index contributed by atoms with van der Waals surface area (Å²) in [4.78, 5) is 4.71. The third-order valence-corrected chi connectivity index (χ3v) is 6.68. The molecule has 5 rings (SSSR count). The van der Waals surface area contributed by atoms with E-state index in [0.29, 0.717) is 50.7 Å². The van der Waals surface area contributed by atoms with E-state index in [1.807, 2.05) is 11.4 Å². The summed E-state index contributed by atoms with van der Waals surface area (Å²) >= 11 is -0.201. The van der Waals surface area contributed by atoms with E-state index < -0.39 is 11.4 Å². The Labute approximate surface area is 185 Å². The van der Waals surface area contributed by atoms with Crippen molar-refractivity contribution >= 4 is 39.5 Å². The van der Waals surface area contributed by atoms with Gasteiger partial charge in [-0.3, -0.25) is 0 Å². The highest BCUT2D eigenvalue weighted by Crippen LogP contribution is 2.44. The van der Waals surface area contributed by atoms with E-state index in [4.69, 9.17) is 18.7 Å². The Morgan fingerprint density at radius 1 is 1.23 bits per heavy atom. The molecular weight excluding hydrogens is 438 g/mol. The number of methoxy groups -OCH3 is 1. The van der Waals surface area contributed by atoms with Gasteiger partial charge < -0.3 is 23.3 Å². The van der Waals surface area contributed by atoms with Crippen molar-refractivity contribution in [1.82, 2.24) is 10.1 Å². The second kappa shape index (κ2) is 8.66. The lowest BCUT2D eigenvalue weighted by Gasteiger charge is -2.15. The Hall–Kier alpha value is -2.95. The predicted molar refractivity (Wildman–Crippen MR) is 118 cm³/mol. The van der Waals surface area contributed by atoms with E-state index in [0.717, 1.165) is 24.8 Å². The molecule has 4 aromatic rings. The van der Waals surface area contributed by atoms with Crippen LogP contribution in [0.25, 0.3) is 11.0 Å². The lowest BCUT2D eigenvalue weighted by atomic mass is 10.0. The van der Waals surface area contributed by atoms with E-state index in [1.165, 1.54) is 11.3 Å². The number of fused-ring (bicyclic) bond motifs is 3. The first kappa shape index (κ1) is 20.0. The quantitative estimate of drug-likeness (QED) is 0.407. The molecule has 31 heavy (non-hydrogen) atoms. The summed E-state index contributed by atoms with van der Waals surface area (Å²) < 4.78 is 38.9. The minimum Gasteiger partial charge on any atom is -0.588 e. The van der Waals surface area contributed by atoms with Crippen molar-refractivity contribution in [2.24, 2.45) is 0 Å². The van der Waals surface area contributed by atoms with Gasteiger partial charge in [0.2, 0.25) is 10.7 Å². The third-order valence-electron chi connectivity index (χ3n) is 4.91. The highest BCUT2D eigenvalue weighted by Gasteiger charge is 2.27. The van der Waals surface area contributed by atoms with Crippen LogP contribution in [-0.4, -0.2) is 28.4 Å². The molecule has 1 unspecified atom stereocenters. The third kappa shape index (κ3) is 3.89. The molecule has 1 N–H and O–H groups in total. The number of hydrogen-bond acceptors (Lipinski definition) is 9. The molecule has 0 bridgehead atoms. The Kier molecular flexibility index (Phi) is 5.58. The molecular formula is C21H19N3O5S2. The Bertz CT molecular complexity index is 1200. The second-order valence-corrected chi connectivity index (χ2v) is 8.85. The van der Waals surface area contributed by atoms with Crippen LogP contribution in [0, 0.1) is 0 Å². The zero-order valence-corrected chi connectivity index (χ0v) is 18.3. The maximum Gasteiger partial charge on any atom is 0.278 e. The number of hydrogen-bond donors (Lipinski definition) is 1. The van der Waals surface area contributed by atoms with Crippen molar-refractivity contribution in [3.05, 3.63) is 47.5 Å². The zero-order valence-electron chi connectivity index (χ0n) is 16.6. The van der Waals surface area contributed by atoms with E-state index in [-0.39, 0.29) is 0 Å². The molecule has 1 aliphatic heterocycles. The van der Waals surface area contributed by atoms with Crippen molar-refractivity contribution < 1.29 is 23.3 Å². The van der Waals surface area contributed by atoms with E-state index in [2.05, 4.69) is 14.9 Å². The first-order chi connectivity index (χ1) is 15.2. The van der Waals surface area contributed by atoms with Crippen LogP contribution in [0.3, 0.4) is 0 Å². The fourth-order valence-electron chi connectivity index (χ4n) is 3.49. The Morgan fingerprint density at radius 2 is 2.13 bits per heavy atom. The highest BCUT2D eigenvalue weighted by atomic mass is 32.2. The number of aromatic nitrogens is 2. The zero-order chi connectivity index (χ0) is 21.2. The van der Waals surface area contributed by atoms with Crippen LogP contribution in [0.15, 0.2) is 51.3 Å². The average Bonchev–Trinajstić information content (AvgIpc) is 3.37. The maximum absolute atomic E-state index is 13.0. The molecule has 0 aliphatic carbocycles. The van der Waals surface area contributed by atoms with Crippen molar-refractivity contribution in [1.29, 1.82) is 0 Å². The van der Waals surface area contributed by atoms with Gasteiger partial charge in [-0.15, -0.1) is 0 Å². The molecule has 0 spiro atoms.